The van der Waals surface area contributed by atoms with Gasteiger partial charge in [-0.2, -0.15) is 0 Å². The van der Waals surface area contributed by atoms with Gasteiger partial charge in [0, 0.05) is 10.3 Å². The highest BCUT2D eigenvalue weighted by Crippen LogP contribution is 2.29. The molecule has 4 heteroatoms. The number of amides is 1. The lowest BCUT2D eigenvalue weighted by molar-refractivity contribution is 0.0705. The number of thiophene rings is 1. The fourth-order valence-corrected chi connectivity index (χ4v) is 2.87. The second-order valence-corrected chi connectivity index (χ2v) is 4.16. The minimum absolute atomic E-state index is 0.376. The highest BCUT2D eigenvalue weighted by Gasteiger charge is 2.19. The zero-order valence-electron chi connectivity index (χ0n) is 7.17. The van der Waals surface area contributed by atoms with Gasteiger partial charge in [0.15, 0.2) is 0 Å². The quantitative estimate of drug-likeness (QED) is 0.532. The van der Waals surface area contributed by atoms with E-state index in [1.807, 2.05) is 5.38 Å². The van der Waals surface area contributed by atoms with E-state index < -0.39 is 0 Å². The standard InChI is InChI=1S/C9H11NO2S/c11-9(10-12)7-5-13-8-4-2-1-3-6(7)8/h5,12H,1-4H2,(H,10,11). The Morgan fingerprint density at radius 1 is 1.46 bits per heavy atom. The molecule has 3 nitrogen and oxygen atoms in total. The van der Waals surface area contributed by atoms with E-state index >= 15 is 0 Å². The van der Waals surface area contributed by atoms with Crippen molar-refractivity contribution in [2.24, 2.45) is 0 Å². The highest BCUT2D eigenvalue weighted by molar-refractivity contribution is 7.10. The van der Waals surface area contributed by atoms with Gasteiger partial charge in [-0.05, 0) is 31.2 Å². The number of carbonyl (C=O) groups is 1. The van der Waals surface area contributed by atoms with Crippen LogP contribution in [0, 0.1) is 0 Å². The third-order valence-corrected chi connectivity index (χ3v) is 3.50. The molecule has 1 aliphatic rings. The summed E-state index contributed by atoms with van der Waals surface area (Å²) in [6, 6.07) is 0. The van der Waals surface area contributed by atoms with Crippen LogP contribution in [0.2, 0.25) is 0 Å². The third-order valence-electron chi connectivity index (χ3n) is 2.41. The van der Waals surface area contributed by atoms with Crippen molar-refractivity contribution in [2.45, 2.75) is 25.7 Å². The number of hydroxylamine groups is 1. The normalized spacial score (nSPS) is 15.2. The summed E-state index contributed by atoms with van der Waals surface area (Å²) < 4.78 is 0. The first kappa shape index (κ1) is 8.72. The maximum atomic E-state index is 11.2. The largest absolute Gasteiger partial charge is 0.288 e. The van der Waals surface area contributed by atoms with Gasteiger partial charge < -0.3 is 0 Å². The second-order valence-electron chi connectivity index (χ2n) is 3.20. The molecular formula is C9H11NO2S. The lowest BCUT2D eigenvalue weighted by atomic mass is 9.96. The van der Waals surface area contributed by atoms with Crippen LogP contribution in [0.25, 0.3) is 0 Å². The van der Waals surface area contributed by atoms with Gasteiger partial charge in [-0.15, -0.1) is 11.3 Å². The van der Waals surface area contributed by atoms with Crippen LogP contribution < -0.4 is 5.48 Å². The molecule has 1 aromatic rings. The highest BCUT2D eigenvalue weighted by atomic mass is 32.1. The molecule has 0 aliphatic heterocycles. The number of rotatable bonds is 1. The summed E-state index contributed by atoms with van der Waals surface area (Å²) >= 11 is 1.62. The van der Waals surface area contributed by atoms with Gasteiger partial charge in [-0.3, -0.25) is 10.0 Å². The molecule has 0 spiro atoms. The van der Waals surface area contributed by atoms with Gasteiger partial charge in [0.2, 0.25) is 0 Å². The monoisotopic (exact) mass is 197 g/mol. The van der Waals surface area contributed by atoms with Gasteiger partial charge in [0.1, 0.15) is 0 Å². The van der Waals surface area contributed by atoms with E-state index in [0.29, 0.717) is 5.56 Å². The van der Waals surface area contributed by atoms with Crippen molar-refractivity contribution in [1.29, 1.82) is 0 Å². The van der Waals surface area contributed by atoms with Crippen LogP contribution in [-0.4, -0.2) is 11.1 Å². The minimum atomic E-state index is -0.376. The van der Waals surface area contributed by atoms with Gasteiger partial charge in [-0.25, -0.2) is 5.48 Å². The van der Waals surface area contributed by atoms with Crippen molar-refractivity contribution < 1.29 is 10.0 Å². The Bertz CT molecular complexity index is 332. The Labute approximate surface area is 80.4 Å². The van der Waals surface area contributed by atoms with Crippen molar-refractivity contribution >= 4 is 17.2 Å². The summed E-state index contributed by atoms with van der Waals surface area (Å²) in [6.45, 7) is 0. The Hall–Kier alpha value is -0.870. The average molecular weight is 197 g/mol. The molecule has 70 valence electrons. The Kier molecular flexibility index (Phi) is 2.33. The Morgan fingerprint density at radius 2 is 2.23 bits per heavy atom. The third kappa shape index (κ3) is 1.47. The molecule has 0 unspecified atom stereocenters. The summed E-state index contributed by atoms with van der Waals surface area (Å²) in [5, 5.41) is 10.3. The predicted molar refractivity (Wildman–Crippen MR) is 50.2 cm³/mol. The first-order chi connectivity index (χ1) is 6.33. The van der Waals surface area contributed by atoms with E-state index in [0.717, 1.165) is 24.8 Å². The molecule has 2 N–H and O–H groups in total. The smallest absolute Gasteiger partial charge is 0.275 e. The topological polar surface area (TPSA) is 49.3 Å². The summed E-state index contributed by atoms with van der Waals surface area (Å²) in [4.78, 5) is 12.5. The molecule has 1 amide bonds. The second kappa shape index (κ2) is 3.47. The maximum absolute atomic E-state index is 11.2. The fourth-order valence-electron chi connectivity index (χ4n) is 1.74. The van der Waals surface area contributed by atoms with Crippen molar-refractivity contribution in [1.82, 2.24) is 5.48 Å². The van der Waals surface area contributed by atoms with Gasteiger partial charge in [-0.1, -0.05) is 0 Å². The molecular weight excluding hydrogens is 186 g/mol. The molecule has 0 bridgehead atoms. The van der Waals surface area contributed by atoms with Crippen molar-refractivity contribution in [3.8, 4) is 0 Å². The first-order valence-electron chi connectivity index (χ1n) is 4.36. The van der Waals surface area contributed by atoms with E-state index in [4.69, 9.17) is 5.21 Å². The van der Waals surface area contributed by atoms with Crippen LogP contribution in [0.5, 0.6) is 0 Å². The summed E-state index contributed by atoms with van der Waals surface area (Å²) in [5.74, 6) is -0.376. The Balaban J connectivity index is 2.36. The number of aryl methyl sites for hydroxylation is 1. The van der Waals surface area contributed by atoms with Crippen molar-refractivity contribution in [3.05, 3.63) is 21.4 Å². The summed E-state index contributed by atoms with van der Waals surface area (Å²) in [7, 11) is 0. The fraction of sp³-hybridized carbons (Fsp3) is 0.444. The lowest BCUT2D eigenvalue weighted by Gasteiger charge is -2.11. The van der Waals surface area contributed by atoms with Crippen LogP contribution in [0.1, 0.15) is 33.6 Å². The molecule has 13 heavy (non-hydrogen) atoms. The van der Waals surface area contributed by atoms with Gasteiger partial charge >= 0.3 is 0 Å². The predicted octanol–water partition coefficient (Wildman–Crippen LogP) is 1.75. The number of hydrogen-bond donors (Lipinski definition) is 2. The number of fused-ring (bicyclic) bond motifs is 1. The molecule has 0 atom stereocenters. The summed E-state index contributed by atoms with van der Waals surface area (Å²) in [5.41, 5.74) is 3.48. The average Bonchev–Trinajstić information content (AvgIpc) is 2.60. The summed E-state index contributed by atoms with van der Waals surface area (Å²) in [6.07, 6.45) is 4.42. The zero-order chi connectivity index (χ0) is 9.26. The van der Waals surface area contributed by atoms with Crippen LogP contribution >= 0.6 is 11.3 Å². The van der Waals surface area contributed by atoms with E-state index in [9.17, 15) is 4.79 Å². The van der Waals surface area contributed by atoms with Crippen LogP contribution in [0.3, 0.4) is 0 Å². The van der Waals surface area contributed by atoms with Crippen molar-refractivity contribution in [3.63, 3.8) is 0 Å². The zero-order valence-corrected chi connectivity index (χ0v) is 7.99. The van der Waals surface area contributed by atoms with E-state index in [1.54, 1.807) is 16.8 Å². The molecule has 1 aliphatic carbocycles. The van der Waals surface area contributed by atoms with Gasteiger partial charge in [0.05, 0.1) is 5.56 Å². The molecule has 2 rings (SSSR count). The van der Waals surface area contributed by atoms with E-state index in [-0.39, 0.29) is 5.91 Å². The molecule has 0 saturated carbocycles. The molecule has 1 heterocycles. The molecule has 0 aromatic carbocycles. The first-order valence-corrected chi connectivity index (χ1v) is 5.24. The van der Waals surface area contributed by atoms with Crippen molar-refractivity contribution in [2.75, 3.05) is 0 Å². The number of hydrogen-bond acceptors (Lipinski definition) is 3. The maximum Gasteiger partial charge on any atom is 0.275 e. The van der Waals surface area contributed by atoms with E-state index in [2.05, 4.69) is 0 Å². The molecule has 0 fully saturated rings. The SMILES string of the molecule is O=C(NO)c1csc2c1CCCC2. The van der Waals surface area contributed by atoms with Crippen LogP contribution in [0.4, 0.5) is 0 Å². The number of nitrogens with one attached hydrogen (secondary N) is 1. The number of carbonyl (C=O) groups excluding carboxylic acids is 1. The lowest BCUT2D eigenvalue weighted by Crippen LogP contribution is -2.20. The van der Waals surface area contributed by atoms with Crippen LogP contribution in [0.15, 0.2) is 5.38 Å². The van der Waals surface area contributed by atoms with E-state index in [1.165, 1.54) is 11.3 Å². The van der Waals surface area contributed by atoms with Crippen LogP contribution in [-0.2, 0) is 12.8 Å². The molecule has 0 saturated heterocycles. The minimum Gasteiger partial charge on any atom is -0.288 e. The molecule has 0 radical (unpaired) electrons. The Morgan fingerprint density at radius 3 is 3.00 bits per heavy atom. The molecule has 1 aromatic heterocycles. The van der Waals surface area contributed by atoms with Gasteiger partial charge in [0.25, 0.3) is 5.91 Å².